The van der Waals surface area contributed by atoms with Crippen molar-refractivity contribution in [2.45, 2.75) is 28.8 Å². The molecule has 0 radical (unpaired) electrons. The minimum absolute atomic E-state index is 0.114. The third-order valence-electron chi connectivity index (χ3n) is 5.60. The molecule has 0 bridgehead atoms. The molecule has 0 fully saturated rings. The quantitative estimate of drug-likeness (QED) is 0.170. The Morgan fingerprint density at radius 1 is 0.857 bits per heavy atom. The van der Waals surface area contributed by atoms with Gasteiger partial charge in [0.25, 0.3) is 0 Å². The molecule has 0 aliphatic rings. The molecule has 0 aliphatic heterocycles. The number of hydrogen-bond acceptors (Lipinski definition) is 5. The SMILES string of the molecule is N#Cc1c(C(F)(F)F)cc(-c2cccs2)nc1S[C@H](C(=O)Nc1cc(C(F)(F)F)cc(C(F)(F)F)c1)c1ccccc1. The maximum atomic E-state index is 14.0. The molecule has 42 heavy (non-hydrogen) atoms. The molecule has 0 saturated carbocycles. The highest BCUT2D eigenvalue weighted by molar-refractivity contribution is 8.00. The predicted molar refractivity (Wildman–Crippen MR) is 137 cm³/mol. The first-order valence-electron chi connectivity index (χ1n) is 11.5. The third-order valence-corrected chi connectivity index (χ3v) is 7.74. The van der Waals surface area contributed by atoms with E-state index in [1.807, 2.05) is 5.32 Å². The van der Waals surface area contributed by atoms with Crippen molar-refractivity contribution in [3.63, 3.8) is 0 Å². The second-order valence-electron chi connectivity index (χ2n) is 8.51. The molecule has 1 amide bonds. The lowest BCUT2D eigenvalue weighted by atomic mass is 10.1. The van der Waals surface area contributed by atoms with Gasteiger partial charge in [0, 0.05) is 5.69 Å². The van der Waals surface area contributed by atoms with Crippen LogP contribution in [0.4, 0.5) is 45.2 Å². The predicted octanol–water partition coefficient (Wildman–Crippen LogP) is 9.21. The fourth-order valence-corrected chi connectivity index (χ4v) is 5.53. The molecule has 0 saturated heterocycles. The van der Waals surface area contributed by atoms with E-state index in [1.165, 1.54) is 36.4 Å². The van der Waals surface area contributed by atoms with Crippen molar-refractivity contribution in [3.05, 3.63) is 99.9 Å². The van der Waals surface area contributed by atoms with Crippen molar-refractivity contribution in [3.8, 4) is 16.6 Å². The Morgan fingerprint density at radius 3 is 1.98 bits per heavy atom. The van der Waals surface area contributed by atoms with Gasteiger partial charge in [0.2, 0.25) is 5.91 Å². The number of nitriles is 1. The molecule has 1 N–H and O–H groups in total. The summed E-state index contributed by atoms with van der Waals surface area (Å²) in [5, 5.41) is 11.2. The van der Waals surface area contributed by atoms with Crippen molar-refractivity contribution in [1.29, 1.82) is 5.26 Å². The van der Waals surface area contributed by atoms with Crippen LogP contribution >= 0.6 is 23.1 Å². The summed E-state index contributed by atoms with van der Waals surface area (Å²) in [6, 6.07) is 12.9. The van der Waals surface area contributed by atoms with Crippen molar-refractivity contribution < 1.29 is 44.3 Å². The van der Waals surface area contributed by atoms with E-state index in [1.54, 1.807) is 17.5 Å². The van der Waals surface area contributed by atoms with Gasteiger partial charge in [0.05, 0.1) is 32.8 Å². The maximum absolute atomic E-state index is 14.0. The Kier molecular flexibility index (Phi) is 8.60. The molecule has 4 rings (SSSR count). The highest BCUT2D eigenvalue weighted by Crippen LogP contribution is 2.44. The molecular formula is C27H14F9N3OS2. The average Bonchev–Trinajstić information content (AvgIpc) is 3.45. The number of alkyl halides is 9. The minimum atomic E-state index is -5.18. The number of benzene rings is 2. The molecule has 4 nitrogen and oxygen atoms in total. The van der Waals surface area contributed by atoms with Crippen LogP contribution in [0.1, 0.15) is 33.1 Å². The monoisotopic (exact) mass is 631 g/mol. The van der Waals surface area contributed by atoms with Crippen LogP contribution in [0.3, 0.4) is 0 Å². The fourth-order valence-electron chi connectivity index (χ4n) is 3.74. The molecule has 0 aliphatic carbocycles. The van der Waals surface area contributed by atoms with Crippen molar-refractivity contribution in [2.75, 3.05) is 5.32 Å². The standard InChI is InChI=1S/C27H14F9N3OS2/c28-25(29,30)15-9-16(26(31,32)33)11-17(10-15)38-23(40)22(14-5-2-1-3-6-14)42-24-18(13-37)19(27(34,35)36)12-20(39-24)21-7-4-8-41-21/h1-12,22H,(H,38,40)/t22-/m0/s1. The molecular weight excluding hydrogens is 617 g/mol. The molecule has 2 aromatic heterocycles. The zero-order valence-corrected chi connectivity index (χ0v) is 22.2. The van der Waals surface area contributed by atoms with E-state index in [9.17, 15) is 49.6 Å². The van der Waals surface area contributed by atoms with Crippen LogP contribution in [0, 0.1) is 11.3 Å². The number of hydrogen-bond donors (Lipinski definition) is 1. The number of halogens is 9. The number of carbonyl (C=O) groups excluding carboxylic acids is 1. The van der Waals surface area contributed by atoms with Crippen molar-refractivity contribution in [1.82, 2.24) is 4.98 Å². The Balaban J connectivity index is 1.82. The van der Waals surface area contributed by atoms with E-state index >= 15 is 0 Å². The normalized spacial score (nSPS) is 13.0. The molecule has 1 atom stereocenters. The van der Waals surface area contributed by atoms with Gasteiger partial charge in [-0.1, -0.05) is 48.2 Å². The summed E-state index contributed by atoms with van der Waals surface area (Å²) in [4.78, 5) is 17.9. The lowest BCUT2D eigenvalue weighted by molar-refractivity contribution is -0.143. The topological polar surface area (TPSA) is 65.8 Å². The summed E-state index contributed by atoms with van der Waals surface area (Å²) in [7, 11) is 0. The lowest BCUT2D eigenvalue weighted by Crippen LogP contribution is -2.21. The minimum Gasteiger partial charge on any atom is -0.325 e. The first-order valence-corrected chi connectivity index (χ1v) is 13.2. The number of thioether (sulfide) groups is 1. The van der Waals surface area contributed by atoms with Gasteiger partial charge >= 0.3 is 18.5 Å². The van der Waals surface area contributed by atoms with E-state index in [0.717, 1.165) is 11.3 Å². The highest BCUT2D eigenvalue weighted by atomic mass is 32.2. The Hall–Kier alpha value is -4.03. The van der Waals surface area contributed by atoms with E-state index in [0.29, 0.717) is 34.8 Å². The fraction of sp³-hybridized carbons (Fsp3) is 0.148. The lowest BCUT2D eigenvalue weighted by Gasteiger charge is -2.20. The zero-order chi connectivity index (χ0) is 30.9. The van der Waals surface area contributed by atoms with Gasteiger partial charge in [-0.3, -0.25) is 4.79 Å². The molecule has 15 heteroatoms. The maximum Gasteiger partial charge on any atom is 0.417 e. The molecule has 0 unspecified atom stereocenters. The molecule has 218 valence electrons. The number of nitrogens with one attached hydrogen (secondary N) is 1. The van der Waals surface area contributed by atoms with Gasteiger partial charge in [-0.15, -0.1) is 11.3 Å². The van der Waals surface area contributed by atoms with Crippen LogP contribution in [0.2, 0.25) is 0 Å². The molecule has 2 heterocycles. The Labute approximate surface area is 239 Å². The zero-order valence-electron chi connectivity index (χ0n) is 20.5. The number of carbonyl (C=O) groups is 1. The number of rotatable bonds is 6. The number of aromatic nitrogens is 1. The van der Waals surface area contributed by atoms with E-state index in [-0.39, 0.29) is 17.3 Å². The summed E-state index contributed by atoms with van der Waals surface area (Å²) >= 11 is 1.46. The van der Waals surface area contributed by atoms with Crippen LogP contribution in [0.5, 0.6) is 0 Å². The van der Waals surface area contributed by atoms with E-state index in [4.69, 9.17) is 0 Å². The Bertz CT molecular complexity index is 1590. The summed E-state index contributed by atoms with van der Waals surface area (Å²) in [6.45, 7) is 0. The molecule has 4 aromatic rings. The van der Waals surface area contributed by atoms with Crippen LogP contribution in [0.25, 0.3) is 10.6 Å². The van der Waals surface area contributed by atoms with Gasteiger partial charge in [-0.25, -0.2) is 4.98 Å². The smallest absolute Gasteiger partial charge is 0.325 e. The first kappa shape index (κ1) is 30.9. The van der Waals surface area contributed by atoms with Crippen molar-refractivity contribution in [2.24, 2.45) is 0 Å². The second kappa shape index (κ2) is 11.7. The van der Waals surface area contributed by atoms with Crippen molar-refractivity contribution >= 4 is 34.7 Å². The number of thiophene rings is 1. The third kappa shape index (κ3) is 7.05. The summed E-state index contributed by atoms with van der Waals surface area (Å²) in [5.74, 6) is -1.17. The van der Waals surface area contributed by atoms with Crippen LogP contribution < -0.4 is 5.32 Å². The second-order valence-corrected chi connectivity index (χ2v) is 10.6. The number of pyridine rings is 1. The number of nitrogens with zero attached hydrogens (tertiary/aromatic N) is 2. The van der Waals surface area contributed by atoms with Gasteiger partial charge < -0.3 is 5.32 Å². The average molecular weight is 632 g/mol. The number of anilines is 1. The Morgan fingerprint density at radius 2 is 1.48 bits per heavy atom. The molecule has 0 spiro atoms. The van der Waals surface area contributed by atoms with Crippen LogP contribution in [-0.2, 0) is 23.3 Å². The van der Waals surface area contributed by atoms with Gasteiger partial charge in [-0.2, -0.15) is 44.8 Å². The largest absolute Gasteiger partial charge is 0.417 e. The number of amides is 1. The summed E-state index contributed by atoms with van der Waals surface area (Å²) in [5.41, 5.74) is -6.46. The van der Waals surface area contributed by atoms with Crippen LogP contribution in [0.15, 0.2) is 77.1 Å². The first-order chi connectivity index (χ1) is 19.6. The van der Waals surface area contributed by atoms with Crippen LogP contribution in [-0.4, -0.2) is 10.9 Å². The highest BCUT2D eigenvalue weighted by Gasteiger charge is 2.39. The summed E-state index contributed by atoms with van der Waals surface area (Å²) < 4.78 is 122. The van der Waals surface area contributed by atoms with Gasteiger partial charge in [0.1, 0.15) is 16.3 Å². The summed E-state index contributed by atoms with van der Waals surface area (Å²) in [6.07, 6.45) is -15.4. The van der Waals surface area contributed by atoms with Gasteiger partial charge in [-0.05, 0) is 41.3 Å². The molecule has 2 aromatic carbocycles. The van der Waals surface area contributed by atoms with E-state index < -0.39 is 62.7 Å². The van der Waals surface area contributed by atoms with E-state index in [2.05, 4.69) is 4.98 Å². The van der Waals surface area contributed by atoms with Gasteiger partial charge in [0.15, 0.2) is 0 Å².